The van der Waals surface area contributed by atoms with Crippen LogP contribution in [0.2, 0.25) is 0 Å². The van der Waals surface area contributed by atoms with Crippen molar-refractivity contribution in [2.75, 3.05) is 0 Å². The average Bonchev–Trinajstić information content (AvgIpc) is 2.55. The molecule has 0 amide bonds. The van der Waals surface area contributed by atoms with Gasteiger partial charge < -0.3 is 25.4 Å². The third kappa shape index (κ3) is 6.59. The second-order valence-corrected chi connectivity index (χ2v) is 7.65. The van der Waals surface area contributed by atoms with E-state index in [1.807, 2.05) is 0 Å². The molecule has 12 heteroatoms. The third-order valence-electron chi connectivity index (χ3n) is 2.47. The minimum atomic E-state index is 0.448. The maximum Gasteiger partial charge on any atom is 0.262 e. The van der Waals surface area contributed by atoms with Gasteiger partial charge in [-0.15, -0.1) is 0 Å². The molecule has 3 heterocycles. The molecule has 0 aliphatic carbocycles. The van der Waals surface area contributed by atoms with Crippen molar-refractivity contribution in [1.29, 1.82) is 0 Å². The lowest BCUT2D eigenvalue weighted by molar-refractivity contribution is -0.646. The van der Waals surface area contributed by atoms with Crippen LogP contribution in [-0.2, 0) is 0 Å². The summed E-state index contributed by atoms with van der Waals surface area (Å²) in [6, 6.07) is 10.3. The largest absolute Gasteiger partial charge is 0.618 e. The molecule has 0 aliphatic heterocycles. The van der Waals surface area contributed by atoms with Crippen LogP contribution in [0.15, 0.2) is 58.8 Å². The average molecular weight is 430 g/mol. The number of hydrogen-bond donors (Lipinski definition) is 3. The Bertz CT molecular complexity index is 892. The van der Waals surface area contributed by atoms with E-state index in [0.717, 1.165) is 9.46 Å². The molecule has 0 saturated heterocycles. The predicted octanol–water partition coefficient (Wildman–Crippen LogP) is 3.61. The summed E-state index contributed by atoms with van der Waals surface area (Å²) in [7, 11) is 2.52. The molecule has 3 aromatic rings. The molecule has 0 unspecified atom stereocenters. The van der Waals surface area contributed by atoms with Crippen molar-refractivity contribution >= 4 is 58.2 Å². The highest BCUT2D eigenvalue weighted by Crippen LogP contribution is 2.33. The van der Waals surface area contributed by atoms with E-state index in [1.165, 1.54) is 34.0 Å². The van der Waals surface area contributed by atoms with E-state index < -0.39 is 0 Å². The van der Waals surface area contributed by atoms with Gasteiger partial charge in [0.25, 0.3) is 10.1 Å². The quantitative estimate of drug-likeness (QED) is 0.253. The maximum absolute atomic E-state index is 11.3. The second kappa shape index (κ2) is 9.68. The Morgan fingerprint density at radius 3 is 1.36 bits per heavy atom. The topological polar surface area (TPSA) is 101 Å². The first-order valence-electron chi connectivity index (χ1n) is 6.59. The number of pyridine rings is 2. The Morgan fingerprint density at radius 2 is 1.04 bits per heavy atom. The zero-order valence-electron chi connectivity index (χ0n) is 12.4. The van der Waals surface area contributed by atoms with Gasteiger partial charge in [0.05, 0.1) is 0 Å². The van der Waals surface area contributed by atoms with Crippen molar-refractivity contribution in [2.24, 2.45) is 0 Å². The molecule has 7 nitrogen and oxygen atoms in total. The van der Waals surface area contributed by atoms with Gasteiger partial charge in [-0.2, -0.15) is 9.46 Å². The third-order valence-corrected chi connectivity index (χ3v) is 5.41. The molecule has 130 valence electrons. The van der Waals surface area contributed by atoms with E-state index in [1.54, 1.807) is 36.4 Å². The number of nitrogens with one attached hydrogen (secondary N) is 3. The number of aromatic nitrogens is 5. The summed E-state index contributed by atoms with van der Waals surface area (Å²) in [6.07, 6.45) is 2.86. The summed E-state index contributed by atoms with van der Waals surface area (Å²) < 4.78 is 2.89. The van der Waals surface area contributed by atoms with E-state index in [0.29, 0.717) is 24.4 Å². The summed E-state index contributed by atoms with van der Waals surface area (Å²) in [5.41, 5.74) is 0. The number of nitrogens with zero attached hydrogens (tertiary/aromatic N) is 2. The predicted molar refractivity (Wildman–Crippen MR) is 105 cm³/mol. The lowest BCUT2D eigenvalue weighted by Gasteiger charge is -2.03. The monoisotopic (exact) mass is 429 g/mol. The second-order valence-electron chi connectivity index (χ2n) is 4.26. The Kier molecular flexibility index (Phi) is 7.58. The maximum atomic E-state index is 11.3. The molecule has 0 spiro atoms. The summed E-state index contributed by atoms with van der Waals surface area (Å²) in [5, 5.41) is 23.8. The fraction of sp³-hybridized carbons (Fsp3) is 0. The van der Waals surface area contributed by atoms with Crippen molar-refractivity contribution in [3.05, 3.63) is 73.5 Å². The zero-order chi connectivity index (χ0) is 18.2. The molecule has 0 bridgehead atoms. The Labute approximate surface area is 165 Å². The van der Waals surface area contributed by atoms with Crippen molar-refractivity contribution in [2.45, 2.75) is 10.1 Å². The minimum absolute atomic E-state index is 0.448. The van der Waals surface area contributed by atoms with E-state index in [9.17, 15) is 10.4 Å². The van der Waals surface area contributed by atoms with Gasteiger partial charge in [0.15, 0.2) is 26.7 Å². The molecule has 3 rings (SSSR count). The standard InChI is InChI=1S/C10H8N2O2S2.C3H3N3S3/c13-11-7-3-1-5-9(11)15-16-10-6-2-4-8-12(10)14;7-1-4-2(8)6-3(9)5-1/h1-8H;(H3,4,5,6,7,8,9). The van der Waals surface area contributed by atoms with E-state index >= 15 is 0 Å². The van der Waals surface area contributed by atoms with Crippen molar-refractivity contribution in [3.8, 4) is 0 Å². The van der Waals surface area contributed by atoms with Crippen molar-refractivity contribution < 1.29 is 9.46 Å². The molecule has 25 heavy (non-hydrogen) atoms. The summed E-state index contributed by atoms with van der Waals surface area (Å²) in [6.45, 7) is 0. The molecule has 0 fully saturated rings. The van der Waals surface area contributed by atoms with Gasteiger partial charge in [0, 0.05) is 45.9 Å². The fourth-order valence-corrected chi connectivity index (χ4v) is 4.24. The molecule has 0 aromatic carbocycles. The normalized spacial score (nSPS) is 9.92. The van der Waals surface area contributed by atoms with Gasteiger partial charge in [0.1, 0.15) is 0 Å². The zero-order valence-corrected chi connectivity index (χ0v) is 16.5. The van der Waals surface area contributed by atoms with Gasteiger partial charge in [-0.25, -0.2) is 0 Å². The first kappa shape index (κ1) is 19.6. The molecule has 0 atom stereocenters. The van der Waals surface area contributed by atoms with Crippen LogP contribution < -0.4 is 9.46 Å². The number of H-pyrrole nitrogens is 3. The fourth-order valence-electron chi connectivity index (χ4n) is 1.44. The number of rotatable bonds is 3. The molecular weight excluding hydrogens is 419 g/mol. The molecular formula is C13H11N5O2S5. The Hall–Kier alpha value is -1.73. The van der Waals surface area contributed by atoms with Gasteiger partial charge >= 0.3 is 0 Å². The highest BCUT2D eigenvalue weighted by molar-refractivity contribution is 8.76. The lowest BCUT2D eigenvalue weighted by atomic mass is 10.5. The van der Waals surface area contributed by atoms with Crippen molar-refractivity contribution in [1.82, 2.24) is 15.0 Å². The van der Waals surface area contributed by atoms with Crippen LogP contribution in [0.1, 0.15) is 0 Å². The number of aromatic amines is 3. The Balaban J connectivity index is 0.000000212. The van der Waals surface area contributed by atoms with Crippen LogP contribution in [-0.4, -0.2) is 15.0 Å². The van der Waals surface area contributed by atoms with Gasteiger partial charge in [0.2, 0.25) is 0 Å². The number of hydrogen-bond acceptors (Lipinski definition) is 7. The highest BCUT2D eigenvalue weighted by Gasteiger charge is 2.10. The van der Waals surface area contributed by atoms with E-state index in [4.69, 9.17) is 36.7 Å². The van der Waals surface area contributed by atoms with Gasteiger partial charge in [-0.1, -0.05) is 0 Å². The van der Waals surface area contributed by atoms with E-state index in [-0.39, 0.29) is 0 Å². The first-order chi connectivity index (χ1) is 12.0. The van der Waals surface area contributed by atoms with Crippen LogP contribution in [0.5, 0.6) is 0 Å². The van der Waals surface area contributed by atoms with Gasteiger partial charge in [-0.05, 0) is 48.8 Å². The summed E-state index contributed by atoms with van der Waals surface area (Å²) in [4.78, 5) is 7.99. The van der Waals surface area contributed by atoms with Gasteiger partial charge in [-0.3, -0.25) is 0 Å². The minimum Gasteiger partial charge on any atom is -0.618 e. The van der Waals surface area contributed by atoms with Crippen LogP contribution in [0.4, 0.5) is 0 Å². The molecule has 0 aliphatic rings. The van der Waals surface area contributed by atoms with Crippen LogP contribution in [0.3, 0.4) is 0 Å². The lowest BCUT2D eigenvalue weighted by Crippen LogP contribution is -2.28. The first-order valence-corrected chi connectivity index (χ1v) is 9.97. The SMILES string of the molecule is S=c1[nH]c(=S)[nH]c(=S)[nH]1.[O-][n+]1ccccc1SSc1cccc[n+]1[O-]. The molecule has 0 radical (unpaired) electrons. The highest BCUT2D eigenvalue weighted by atomic mass is 33.1. The van der Waals surface area contributed by atoms with Crippen LogP contribution in [0.25, 0.3) is 0 Å². The Morgan fingerprint density at radius 1 is 0.680 bits per heavy atom. The molecule has 3 N–H and O–H groups in total. The smallest absolute Gasteiger partial charge is 0.262 e. The molecule has 0 saturated carbocycles. The summed E-state index contributed by atoms with van der Waals surface area (Å²) >= 11 is 14.2. The molecule has 3 aromatic heterocycles. The van der Waals surface area contributed by atoms with E-state index in [2.05, 4.69) is 15.0 Å². The van der Waals surface area contributed by atoms with Crippen LogP contribution in [0, 0.1) is 24.7 Å². The van der Waals surface area contributed by atoms with Crippen LogP contribution >= 0.6 is 58.2 Å². The summed E-state index contributed by atoms with van der Waals surface area (Å²) in [5.74, 6) is 0. The van der Waals surface area contributed by atoms with Crippen molar-refractivity contribution in [3.63, 3.8) is 0 Å².